The average molecular weight is 433 g/mol. The zero-order valence-corrected chi connectivity index (χ0v) is 16.3. The van der Waals surface area contributed by atoms with Crippen LogP contribution in [-0.2, 0) is 16.1 Å². The summed E-state index contributed by atoms with van der Waals surface area (Å²) in [5, 5.41) is 9.15. The van der Waals surface area contributed by atoms with Crippen LogP contribution in [0, 0.1) is 0 Å². The monoisotopic (exact) mass is 432 g/mol. The number of pyridine rings is 1. The minimum absolute atomic E-state index is 0. The van der Waals surface area contributed by atoms with Crippen molar-refractivity contribution in [3.8, 4) is 0 Å². The molecule has 2 aliphatic rings. The molecule has 0 bridgehead atoms. The van der Waals surface area contributed by atoms with Gasteiger partial charge < -0.3 is 29.0 Å². The summed E-state index contributed by atoms with van der Waals surface area (Å²) >= 11 is 1.45. The second-order valence-electron chi connectivity index (χ2n) is 5.66. The van der Waals surface area contributed by atoms with Crippen molar-refractivity contribution in [2.75, 3.05) is 5.75 Å². The van der Waals surface area contributed by atoms with Crippen molar-refractivity contribution < 1.29 is 36.5 Å². The highest BCUT2D eigenvalue weighted by Gasteiger charge is 2.51. The fraction of sp³-hybridized carbons (Fsp3) is 0.250. The van der Waals surface area contributed by atoms with Crippen LogP contribution in [0.3, 0.4) is 0 Å². The molecule has 3 heterocycles. The summed E-state index contributed by atoms with van der Waals surface area (Å²) in [5.74, 6) is -1.52. The van der Waals surface area contributed by atoms with Crippen LogP contribution < -0.4 is 28.4 Å². The first-order chi connectivity index (χ1) is 11.9. The molecule has 1 aromatic heterocycles. The van der Waals surface area contributed by atoms with E-state index in [0.717, 1.165) is 0 Å². The lowest BCUT2D eigenvalue weighted by Gasteiger charge is -2.47. The minimum Gasteiger partial charge on any atom is -1.00 e. The fourth-order valence-corrected chi connectivity index (χ4v) is 3.99. The number of carbonyl (C=O) groups excluding carboxylic acids is 2. The number of primary amides is 1. The molecule has 0 radical (unpaired) electrons. The van der Waals surface area contributed by atoms with Gasteiger partial charge in [0, 0.05) is 17.9 Å². The summed E-state index contributed by atoms with van der Waals surface area (Å²) < 4.78 is 1.81. The van der Waals surface area contributed by atoms with Gasteiger partial charge in [0.25, 0.3) is 0 Å². The van der Waals surface area contributed by atoms with Gasteiger partial charge in [0.2, 0.25) is 11.8 Å². The zero-order chi connectivity index (χ0) is 18.1. The predicted molar refractivity (Wildman–Crippen MR) is 97.3 cm³/mol. The van der Waals surface area contributed by atoms with E-state index >= 15 is 0 Å². The molecular formula is C16H18Cl2N4O4S. The topological polar surface area (TPSA) is 131 Å². The number of hydrogen-bond donors (Lipinski definition) is 3. The number of aliphatic carboxylic acids is 1. The zero-order valence-electron chi connectivity index (χ0n) is 13.9. The van der Waals surface area contributed by atoms with Crippen LogP contribution in [0.5, 0.6) is 0 Å². The van der Waals surface area contributed by atoms with E-state index < -0.39 is 17.9 Å². The van der Waals surface area contributed by atoms with E-state index in [4.69, 9.17) is 11.5 Å². The first kappa shape index (κ1) is 23.0. The number of aromatic nitrogens is 1. The van der Waals surface area contributed by atoms with Crippen LogP contribution in [0.15, 0.2) is 47.9 Å². The molecule has 5 N–H and O–H groups in total. The lowest BCUT2D eigenvalue weighted by Crippen LogP contribution is -3.00. The van der Waals surface area contributed by atoms with Crippen molar-refractivity contribution in [1.82, 2.24) is 4.90 Å². The van der Waals surface area contributed by atoms with Gasteiger partial charge in [-0.1, -0.05) is 6.08 Å². The number of thioether (sulfide) groups is 1. The Bertz CT molecular complexity index is 813. The third-order valence-electron chi connectivity index (χ3n) is 4.05. The van der Waals surface area contributed by atoms with Crippen LogP contribution in [0.1, 0.15) is 10.4 Å². The third-order valence-corrected chi connectivity index (χ3v) is 5.38. The van der Waals surface area contributed by atoms with Gasteiger partial charge in [-0.25, -0.2) is 9.36 Å². The maximum absolute atomic E-state index is 11.9. The Balaban J connectivity index is 0.00000182. The number of carbonyl (C=O) groups is 3. The number of carboxylic acids is 1. The Labute approximate surface area is 172 Å². The summed E-state index contributed by atoms with van der Waals surface area (Å²) in [6.45, 7) is 0.483. The van der Waals surface area contributed by atoms with E-state index in [1.165, 1.54) is 16.7 Å². The average Bonchev–Trinajstić information content (AvgIpc) is 2.60. The standard InChI is InChI=1S/C16H16N4O4S.2ClH/c17-11-14(22)20-12(16(23)24)10(8-25-15(11)20)2-1-5-19-6-3-9(4-7-19)13(18)21;;/h1-4,6-7,11,15H,5,8,17H2,(H2-,18,21,23,24);2*1H/t11-,15-;;/m1../s1. The number of amides is 2. The van der Waals surface area contributed by atoms with E-state index in [2.05, 4.69) is 0 Å². The van der Waals surface area contributed by atoms with Crippen molar-refractivity contribution in [1.29, 1.82) is 0 Å². The first-order valence-corrected chi connectivity index (χ1v) is 8.57. The van der Waals surface area contributed by atoms with Gasteiger partial charge in [0.1, 0.15) is 17.1 Å². The number of nitrogens with two attached hydrogens (primary N) is 2. The van der Waals surface area contributed by atoms with E-state index in [1.54, 1.807) is 36.7 Å². The maximum Gasteiger partial charge on any atom is 0.352 e. The molecule has 27 heavy (non-hydrogen) atoms. The maximum atomic E-state index is 11.9. The Hall–Kier alpha value is -2.07. The van der Waals surface area contributed by atoms with Crippen molar-refractivity contribution >= 4 is 42.0 Å². The van der Waals surface area contributed by atoms with E-state index in [0.29, 0.717) is 23.4 Å². The molecule has 2 amide bonds. The summed E-state index contributed by atoms with van der Waals surface area (Å²) in [6.07, 6.45) is 6.92. The van der Waals surface area contributed by atoms with Gasteiger partial charge in [0.05, 0.1) is 5.56 Å². The van der Waals surface area contributed by atoms with Crippen molar-refractivity contribution in [2.24, 2.45) is 11.5 Å². The second-order valence-corrected chi connectivity index (χ2v) is 6.77. The molecule has 3 rings (SSSR count). The number of rotatable bonds is 5. The number of hydrogen-bond acceptors (Lipinski definition) is 5. The number of fused-ring (bicyclic) bond motifs is 1. The predicted octanol–water partition coefficient (Wildman–Crippen LogP) is -3.36. The second kappa shape index (κ2) is 9.23. The molecule has 0 aromatic carbocycles. The van der Waals surface area contributed by atoms with Gasteiger partial charge in [-0.3, -0.25) is 14.5 Å². The highest BCUT2D eigenvalue weighted by molar-refractivity contribution is 8.00. The number of halogens is 2. The van der Waals surface area contributed by atoms with Gasteiger partial charge in [-0.2, -0.15) is 0 Å². The number of carboxylic acid groups (broad SMARTS) is 1. The van der Waals surface area contributed by atoms with Crippen LogP contribution >= 0.6 is 24.2 Å². The molecular weight excluding hydrogens is 415 g/mol. The molecule has 0 spiro atoms. The fourth-order valence-electron chi connectivity index (χ4n) is 2.73. The van der Waals surface area contributed by atoms with Crippen molar-refractivity contribution in [3.63, 3.8) is 0 Å². The Morgan fingerprint density at radius 3 is 2.56 bits per heavy atom. The highest BCUT2D eigenvalue weighted by atomic mass is 35.5. The van der Waals surface area contributed by atoms with E-state index in [-0.39, 0.29) is 41.8 Å². The number of allylic oxidation sites excluding steroid dienone is 2. The van der Waals surface area contributed by atoms with Crippen LogP contribution in [0.4, 0.5) is 0 Å². The van der Waals surface area contributed by atoms with Crippen molar-refractivity contribution in [3.05, 3.63) is 53.5 Å². The highest BCUT2D eigenvalue weighted by Crippen LogP contribution is 2.39. The minimum atomic E-state index is -1.14. The molecule has 1 fully saturated rings. The smallest absolute Gasteiger partial charge is 0.352 e. The largest absolute Gasteiger partial charge is 1.00 e. The summed E-state index contributed by atoms with van der Waals surface area (Å²) in [6, 6.07) is 2.59. The number of nitrogens with zero attached hydrogens (tertiary/aromatic N) is 2. The normalized spacial score (nSPS) is 21.1. The summed E-state index contributed by atoms with van der Waals surface area (Å²) in [4.78, 5) is 35.7. The van der Waals surface area contributed by atoms with Crippen molar-refractivity contribution in [2.45, 2.75) is 18.0 Å². The van der Waals surface area contributed by atoms with Gasteiger partial charge in [0.15, 0.2) is 18.9 Å². The van der Waals surface area contributed by atoms with E-state index in [1.807, 2.05) is 4.57 Å². The third kappa shape index (κ3) is 4.44. The van der Waals surface area contributed by atoms with Gasteiger partial charge >= 0.3 is 5.97 Å². The summed E-state index contributed by atoms with van der Waals surface area (Å²) in [5.41, 5.74) is 11.9. The molecule has 0 aliphatic carbocycles. The molecule has 8 nitrogen and oxygen atoms in total. The lowest BCUT2D eigenvalue weighted by molar-refractivity contribution is -0.687. The number of β-lactam (4-membered cyclic amide) rings is 1. The first-order valence-electron chi connectivity index (χ1n) is 7.52. The Kier molecular flexibility index (Phi) is 7.85. The quantitative estimate of drug-likeness (QED) is 0.329. The van der Waals surface area contributed by atoms with E-state index in [9.17, 15) is 19.5 Å². The molecule has 2 aliphatic heterocycles. The molecule has 1 saturated heterocycles. The lowest BCUT2D eigenvalue weighted by atomic mass is 10.0. The SMILES string of the molecule is Cl.NC(=O)c1cc[n+](CC=CC2=C(C(=O)O)N3C(=O)[C@@H](N)[C@H]3SC2)cc1.[Cl-]. The summed E-state index contributed by atoms with van der Waals surface area (Å²) in [7, 11) is 0. The Morgan fingerprint density at radius 2 is 2.00 bits per heavy atom. The molecule has 0 saturated carbocycles. The van der Waals surface area contributed by atoms with Gasteiger partial charge in [-0.05, 0) is 11.6 Å². The molecule has 11 heteroatoms. The molecule has 2 atom stereocenters. The van der Waals surface area contributed by atoms with Crippen LogP contribution in [-0.4, -0.2) is 45.0 Å². The molecule has 146 valence electrons. The van der Waals surface area contributed by atoms with Crippen LogP contribution in [0.2, 0.25) is 0 Å². The Morgan fingerprint density at radius 1 is 1.37 bits per heavy atom. The molecule has 1 aromatic rings. The van der Waals surface area contributed by atoms with Crippen LogP contribution in [0.25, 0.3) is 0 Å². The van der Waals surface area contributed by atoms with Gasteiger partial charge in [-0.15, -0.1) is 24.2 Å². The molecule has 0 unspecified atom stereocenters.